The number of aromatic nitrogens is 3. The van der Waals surface area contributed by atoms with E-state index in [4.69, 9.17) is 4.98 Å². The molecule has 1 spiro atoms. The molecule has 0 amide bonds. The van der Waals surface area contributed by atoms with Crippen molar-refractivity contribution in [2.75, 3.05) is 31.5 Å². The van der Waals surface area contributed by atoms with Crippen molar-refractivity contribution >= 4 is 43.8 Å². The Kier molecular flexibility index (Phi) is 4.62. The van der Waals surface area contributed by atoms with Gasteiger partial charge in [0.25, 0.3) is 0 Å². The Labute approximate surface area is 201 Å². The molecule has 5 heterocycles. The van der Waals surface area contributed by atoms with Gasteiger partial charge in [-0.15, -0.1) is 11.3 Å². The lowest BCUT2D eigenvalue weighted by atomic mass is 9.74. The van der Waals surface area contributed by atoms with Crippen LogP contribution in [0.2, 0.25) is 0 Å². The third-order valence-electron chi connectivity index (χ3n) is 7.01. The first-order valence-corrected chi connectivity index (χ1v) is 12.5. The van der Waals surface area contributed by atoms with Gasteiger partial charge in [-0.2, -0.15) is 0 Å². The summed E-state index contributed by atoms with van der Waals surface area (Å²) in [6.45, 7) is 5.64. The predicted octanol–water partition coefficient (Wildman–Crippen LogP) is 5.06. The largest absolute Gasteiger partial charge is 0.355 e. The van der Waals surface area contributed by atoms with E-state index in [1.807, 2.05) is 24.0 Å². The molecule has 2 saturated heterocycles. The van der Waals surface area contributed by atoms with Crippen LogP contribution in [0.25, 0.3) is 32.2 Å². The lowest BCUT2D eigenvalue weighted by Crippen LogP contribution is -2.70. The molecule has 7 rings (SSSR count). The van der Waals surface area contributed by atoms with Gasteiger partial charge in [-0.05, 0) is 48.0 Å². The number of anilines is 2. The molecule has 7 heteroatoms. The van der Waals surface area contributed by atoms with E-state index in [1.165, 1.54) is 30.9 Å². The van der Waals surface area contributed by atoms with E-state index in [2.05, 4.69) is 74.0 Å². The maximum Gasteiger partial charge on any atom is 0.0832 e. The topological polar surface area (TPSA) is 66.0 Å². The maximum absolute atomic E-state index is 4.77. The SMILES string of the molecule is c1cc(Nc2ccc3scnc3c2)c2cc(-c3ccc(CN4CC5(CNC5)C4)nc3)ccc2n1. The van der Waals surface area contributed by atoms with Gasteiger partial charge in [0, 0.05) is 72.9 Å². The van der Waals surface area contributed by atoms with Crippen molar-refractivity contribution < 1.29 is 0 Å². The van der Waals surface area contributed by atoms with Crippen molar-refractivity contribution in [3.05, 3.63) is 78.2 Å². The van der Waals surface area contributed by atoms with Crippen LogP contribution in [0.3, 0.4) is 0 Å². The summed E-state index contributed by atoms with van der Waals surface area (Å²) in [6.07, 6.45) is 3.85. The molecule has 0 atom stereocenters. The van der Waals surface area contributed by atoms with Gasteiger partial charge in [-0.1, -0.05) is 12.1 Å². The molecule has 2 aliphatic rings. The van der Waals surface area contributed by atoms with Crippen LogP contribution in [0.5, 0.6) is 0 Å². The zero-order valence-corrected chi connectivity index (χ0v) is 19.5. The summed E-state index contributed by atoms with van der Waals surface area (Å²) in [5.41, 5.74) is 9.85. The van der Waals surface area contributed by atoms with Crippen molar-refractivity contribution in [3.63, 3.8) is 0 Å². The van der Waals surface area contributed by atoms with Gasteiger partial charge in [-0.25, -0.2) is 4.98 Å². The Morgan fingerprint density at radius 1 is 0.912 bits per heavy atom. The van der Waals surface area contributed by atoms with Gasteiger partial charge in [0.05, 0.1) is 26.9 Å². The highest BCUT2D eigenvalue weighted by Gasteiger charge is 2.47. The Morgan fingerprint density at radius 3 is 2.65 bits per heavy atom. The molecule has 5 aromatic rings. The summed E-state index contributed by atoms with van der Waals surface area (Å²) in [5.74, 6) is 0. The summed E-state index contributed by atoms with van der Waals surface area (Å²) in [6, 6.07) is 19.1. The fourth-order valence-corrected chi connectivity index (χ4v) is 5.82. The summed E-state index contributed by atoms with van der Waals surface area (Å²) in [7, 11) is 0. The van der Waals surface area contributed by atoms with Crippen molar-refractivity contribution in [3.8, 4) is 11.1 Å². The van der Waals surface area contributed by atoms with Gasteiger partial charge < -0.3 is 10.6 Å². The summed E-state index contributed by atoms with van der Waals surface area (Å²) < 4.78 is 1.19. The van der Waals surface area contributed by atoms with Gasteiger partial charge in [0.2, 0.25) is 0 Å². The molecule has 2 aliphatic heterocycles. The van der Waals surface area contributed by atoms with Gasteiger partial charge in [0.1, 0.15) is 0 Å². The number of rotatable bonds is 5. The van der Waals surface area contributed by atoms with E-state index in [9.17, 15) is 0 Å². The van der Waals surface area contributed by atoms with E-state index in [0.29, 0.717) is 5.41 Å². The number of nitrogens with one attached hydrogen (secondary N) is 2. The third-order valence-corrected chi connectivity index (χ3v) is 7.82. The highest BCUT2D eigenvalue weighted by atomic mass is 32.1. The molecule has 2 N–H and O–H groups in total. The van der Waals surface area contributed by atoms with Crippen LogP contribution >= 0.6 is 11.3 Å². The minimum Gasteiger partial charge on any atom is -0.355 e. The fourth-order valence-electron chi connectivity index (χ4n) is 5.16. The number of hydrogen-bond acceptors (Lipinski definition) is 7. The Hall–Kier alpha value is -3.39. The zero-order valence-electron chi connectivity index (χ0n) is 18.7. The standard InChI is InChI=1S/C27H24N6S/c1-3-21(12-33-15-27(16-33)13-28-14-27)30-11-19(1)18-2-5-23-22(9-18)24(7-8-29-23)32-20-4-6-26-25(10-20)31-17-34-26/h1-11,17,28H,12-16H2,(H,29,32). The second-order valence-corrected chi connectivity index (χ2v) is 10.4. The molecule has 0 bridgehead atoms. The number of thiazole rings is 1. The molecule has 6 nitrogen and oxygen atoms in total. The average Bonchev–Trinajstić information content (AvgIpc) is 3.28. The van der Waals surface area contributed by atoms with E-state index in [0.717, 1.165) is 51.2 Å². The second kappa shape index (κ2) is 7.84. The lowest BCUT2D eigenvalue weighted by Gasteiger charge is -2.56. The van der Waals surface area contributed by atoms with Crippen molar-refractivity contribution in [1.82, 2.24) is 25.2 Å². The Morgan fingerprint density at radius 2 is 1.82 bits per heavy atom. The van der Waals surface area contributed by atoms with Gasteiger partial charge in [-0.3, -0.25) is 14.9 Å². The number of fused-ring (bicyclic) bond motifs is 2. The normalized spacial score (nSPS) is 17.1. The van der Waals surface area contributed by atoms with E-state index < -0.39 is 0 Å². The predicted molar refractivity (Wildman–Crippen MR) is 138 cm³/mol. The molecule has 0 unspecified atom stereocenters. The number of likely N-dealkylation sites (tertiary alicyclic amines) is 1. The number of pyridine rings is 2. The lowest BCUT2D eigenvalue weighted by molar-refractivity contribution is -0.0450. The number of benzene rings is 2. The summed E-state index contributed by atoms with van der Waals surface area (Å²) in [5, 5.41) is 8.05. The molecular formula is C27H24N6S. The molecule has 3 aromatic heterocycles. The van der Waals surface area contributed by atoms with E-state index in [-0.39, 0.29) is 0 Å². The molecule has 2 aromatic carbocycles. The first-order valence-electron chi connectivity index (χ1n) is 11.6. The summed E-state index contributed by atoms with van der Waals surface area (Å²) >= 11 is 1.66. The molecule has 0 aliphatic carbocycles. The average molecular weight is 465 g/mol. The van der Waals surface area contributed by atoms with Crippen LogP contribution < -0.4 is 10.6 Å². The van der Waals surface area contributed by atoms with E-state index >= 15 is 0 Å². The Bertz CT molecular complexity index is 1500. The molecule has 0 saturated carbocycles. The number of nitrogens with zero attached hydrogens (tertiary/aromatic N) is 4. The smallest absolute Gasteiger partial charge is 0.0832 e. The van der Waals surface area contributed by atoms with Gasteiger partial charge >= 0.3 is 0 Å². The zero-order chi connectivity index (χ0) is 22.5. The summed E-state index contributed by atoms with van der Waals surface area (Å²) in [4.78, 5) is 16.3. The molecule has 0 radical (unpaired) electrons. The van der Waals surface area contributed by atoms with Crippen LogP contribution in [0.1, 0.15) is 5.69 Å². The third kappa shape index (κ3) is 3.53. The molecule has 2 fully saturated rings. The highest BCUT2D eigenvalue weighted by Crippen LogP contribution is 2.35. The van der Waals surface area contributed by atoms with Crippen LogP contribution in [0, 0.1) is 5.41 Å². The van der Waals surface area contributed by atoms with Crippen LogP contribution in [-0.4, -0.2) is 46.0 Å². The fraction of sp³-hybridized carbons (Fsp3) is 0.222. The highest BCUT2D eigenvalue weighted by molar-refractivity contribution is 7.16. The minimum atomic E-state index is 0.552. The van der Waals surface area contributed by atoms with Crippen molar-refractivity contribution in [2.45, 2.75) is 6.54 Å². The Balaban J connectivity index is 1.13. The first kappa shape index (κ1) is 20.0. The minimum absolute atomic E-state index is 0.552. The number of hydrogen-bond donors (Lipinski definition) is 2. The van der Waals surface area contributed by atoms with E-state index in [1.54, 1.807) is 11.3 Å². The van der Waals surface area contributed by atoms with Crippen LogP contribution in [0.4, 0.5) is 11.4 Å². The van der Waals surface area contributed by atoms with Crippen molar-refractivity contribution in [2.24, 2.45) is 5.41 Å². The quantitative estimate of drug-likeness (QED) is 0.379. The van der Waals surface area contributed by atoms with Crippen LogP contribution in [-0.2, 0) is 6.54 Å². The maximum atomic E-state index is 4.77. The first-order chi connectivity index (χ1) is 16.7. The van der Waals surface area contributed by atoms with Crippen molar-refractivity contribution in [1.29, 1.82) is 0 Å². The monoisotopic (exact) mass is 464 g/mol. The molecular weight excluding hydrogens is 440 g/mol. The molecule has 168 valence electrons. The van der Waals surface area contributed by atoms with Gasteiger partial charge in [0.15, 0.2) is 0 Å². The second-order valence-electron chi connectivity index (χ2n) is 9.54. The van der Waals surface area contributed by atoms with Crippen LogP contribution in [0.15, 0.2) is 72.5 Å². The molecule has 34 heavy (non-hydrogen) atoms.